The fourth-order valence-corrected chi connectivity index (χ4v) is 5.30. The Bertz CT molecular complexity index is 750. The molecule has 8 heteroatoms. The second-order valence-electron chi connectivity index (χ2n) is 7.83. The Labute approximate surface area is 183 Å². The third-order valence-corrected chi connectivity index (χ3v) is 7.65. The van der Waals surface area contributed by atoms with E-state index in [4.69, 9.17) is 0 Å². The molecule has 1 aliphatic rings. The molecule has 1 aromatic carbocycles. The van der Waals surface area contributed by atoms with E-state index in [0.29, 0.717) is 31.1 Å². The van der Waals surface area contributed by atoms with E-state index in [1.54, 1.807) is 0 Å². The van der Waals surface area contributed by atoms with Crippen LogP contribution in [0.25, 0.3) is 0 Å². The van der Waals surface area contributed by atoms with Crippen molar-refractivity contribution in [3.63, 3.8) is 0 Å². The molecule has 170 valence electrons. The third-order valence-electron chi connectivity index (χ3n) is 5.65. The van der Waals surface area contributed by atoms with Gasteiger partial charge < -0.3 is 10.6 Å². The van der Waals surface area contributed by atoms with E-state index in [1.807, 2.05) is 20.8 Å². The number of hydrogen-bond acceptors (Lipinski definition) is 4. The Kier molecular flexibility index (Phi) is 10.1. The van der Waals surface area contributed by atoms with Crippen LogP contribution in [-0.2, 0) is 16.6 Å². The molecular formula is C22H39N5O2S. The molecule has 0 saturated carbocycles. The molecule has 1 heterocycles. The van der Waals surface area contributed by atoms with Gasteiger partial charge in [0.2, 0.25) is 10.0 Å². The number of nitrogens with one attached hydrogen (secondary N) is 2. The van der Waals surface area contributed by atoms with Gasteiger partial charge in [0.1, 0.15) is 0 Å². The van der Waals surface area contributed by atoms with Crippen molar-refractivity contribution < 1.29 is 8.42 Å². The summed E-state index contributed by atoms with van der Waals surface area (Å²) in [5.74, 6) is 0.748. The summed E-state index contributed by atoms with van der Waals surface area (Å²) in [5, 5.41) is 6.78. The minimum Gasteiger partial charge on any atom is -0.357 e. The summed E-state index contributed by atoms with van der Waals surface area (Å²) in [7, 11) is -3.25. The Balaban J connectivity index is 1.88. The predicted molar refractivity (Wildman–Crippen MR) is 125 cm³/mol. The molecule has 1 aliphatic heterocycles. The minimum absolute atomic E-state index is 0.0389. The van der Waals surface area contributed by atoms with Crippen LogP contribution in [0.2, 0.25) is 0 Å². The van der Waals surface area contributed by atoms with Gasteiger partial charge in [-0.15, -0.1) is 0 Å². The molecule has 2 N–H and O–H groups in total. The zero-order chi connectivity index (χ0) is 22.0. The predicted octanol–water partition coefficient (Wildman–Crippen LogP) is 2.27. The zero-order valence-electron chi connectivity index (χ0n) is 19.0. The molecule has 0 aliphatic carbocycles. The maximum atomic E-state index is 12.4. The van der Waals surface area contributed by atoms with Crippen LogP contribution in [0.3, 0.4) is 0 Å². The topological polar surface area (TPSA) is 77.0 Å². The number of benzene rings is 1. The monoisotopic (exact) mass is 437 g/mol. The fraction of sp³-hybridized carbons (Fsp3) is 0.682. The highest BCUT2D eigenvalue weighted by atomic mass is 32.2. The average Bonchev–Trinajstić information content (AvgIpc) is 2.71. The molecule has 0 bridgehead atoms. The van der Waals surface area contributed by atoms with Gasteiger partial charge in [-0.25, -0.2) is 12.7 Å². The van der Waals surface area contributed by atoms with Crippen LogP contribution in [0.15, 0.2) is 35.3 Å². The molecule has 2 rings (SSSR count). The molecule has 1 aromatic rings. The first-order valence-electron chi connectivity index (χ1n) is 11.2. The largest absolute Gasteiger partial charge is 0.357 e. The maximum absolute atomic E-state index is 12.4. The van der Waals surface area contributed by atoms with Crippen LogP contribution in [0.4, 0.5) is 0 Å². The Morgan fingerprint density at radius 2 is 1.90 bits per heavy atom. The lowest BCUT2D eigenvalue weighted by Crippen LogP contribution is -2.51. The van der Waals surface area contributed by atoms with E-state index in [-0.39, 0.29) is 12.3 Å². The SMILES string of the molecule is CCNC(=NCCS(=O)(=O)N(CC)CC)NC1CCN(Cc2ccccc2)C(C)C1. The average molecular weight is 438 g/mol. The number of likely N-dealkylation sites (tertiary alicyclic amines) is 1. The molecule has 0 amide bonds. The van der Waals surface area contributed by atoms with Crippen molar-refractivity contribution in [3.05, 3.63) is 35.9 Å². The molecular weight excluding hydrogens is 398 g/mol. The van der Waals surface area contributed by atoms with Gasteiger partial charge in [0.05, 0.1) is 12.3 Å². The van der Waals surface area contributed by atoms with Gasteiger partial charge in [-0.2, -0.15) is 0 Å². The second-order valence-corrected chi connectivity index (χ2v) is 9.92. The minimum atomic E-state index is -3.25. The fourth-order valence-electron chi connectivity index (χ4n) is 3.94. The van der Waals surface area contributed by atoms with E-state index in [9.17, 15) is 8.42 Å². The van der Waals surface area contributed by atoms with Crippen molar-refractivity contribution in [1.82, 2.24) is 19.8 Å². The number of sulfonamides is 1. The van der Waals surface area contributed by atoms with E-state index in [2.05, 4.69) is 57.8 Å². The number of hydrogen-bond donors (Lipinski definition) is 2. The first-order chi connectivity index (χ1) is 14.4. The van der Waals surface area contributed by atoms with Crippen molar-refractivity contribution in [3.8, 4) is 0 Å². The van der Waals surface area contributed by atoms with Gasteiger partial charge in [0.15, 0.2) is 5.96 Å². The van der Waals surface area contributed by atoms with Crippen LogP contribution in [0, 0.1) is 0 Å². The van der Waals surface area contributed by atoms with Crippen LogP contribution >= 0.6 is 0 Å². The van der Waals surface area contributed by atoms with Crippen molar-refractivity contribution in [1.29, 1.82) is 0 Å². The summed E-state index contributed by atoms with van der Waals surface area (Å²) >= 11 is 0. The first kappa shape index (κ1) is 24.6. The third kappa shape index (κ3) is 7.56. The molecule has 2 atom stereocenters. The summed E-state index contributed by atoms with van der Waals surface area (Å²) in [6, 6.07) is 11.4. The van der Waals surface area contributed by atoms with E-state index < -0.39 is 10.0 Å². The smallest absolute Gasteiger partial charge is 0.215 e. The lowest BCUT2D eigenvalue weighted by molar-refractivity contribution is 0.134. The van der Waals surface area contributed by atoms with Crippen LogP contribution in [0.1, 0.15) is 46.1 Å². The highest BCUT2D eigenvalue weighted by molar-refractivity contribution is 7.89. The summed E-state index contributed by atoms with van der Waals surface area (Å²) in [5.41, 5.74) is 1.35. The molecule has 7 nitrogen and oxygen atoms in total. The quantitative estimate of drug-likeness (QED) is 0.434. The van der Waals surface area contributed by atoms with E-state index >= 15 is 0 Å². The van der Waals surface area contributed by atoms with Gasteiger partial charge in [-0.05, 0) is 32.3 Å². The van der Waals surface area contributed by atoms with Gasteiger partial charge in [-0.3, -0.25) is 9.89 Å². The Hall–Kier alpha value is -1.64. The van der Waals surface area contributed by atoms with Gasteiger partial charge in [0.25, 0.3) is 0 Å². The molecule has 1 fully saturated rings. The van der Waals surface area contributed by atoms with Crippen LogP contribution < -0.4 is 10.6 Å². The molecule has 2 unspecified atom stereocenters. The number of guanidine groups is 1. The van der Waals surface area contributed by atoms with Crippen molar-refractivity contribution >= 4 is 16.0 Å². The van der Waals surface area contributed by atoms with Crippen LogP contribution in [-0.4, -0.2) is 74.1 Å². The maximum Gasteiger partial charge on any atom is 0.215 e. The number of rotatable bonds is 10. The number of aliphatic imine (C=N–C) groups is 1. The lowest BCUT2D eigenvalue weighted by Gasteiger charge is -2.38. The van der Waals surface area contributed by atoms with Gasteiger partial charge in [0, 0.05) is 44.8 Å². The van der Waals surface area contributed by atoms with Crippen molar-refractivity contribution in [2.24, 2.45) is 4.99 Å². The first-order valence-corrected chi connectivity index (χ1v) is 12.8. The summed E-state index contributed by atoms with van der Waals surface area (Å²) in [6.07, 6.45) is 2.08. The molecule has 1 saturated heterocycles. The molecule has 0 spiro atoms. The molecule has 0 aromatic heterocycles. The van der Waals surface area contributed by atoms with Crippen LogP contribution in [0.5, 0.6) is 0 Å². The number of piperidine rings is 1. The van der Waals surface area contributed by atoms with E-state index in [1.165, 1.54) is 9.87 Å². The van der Waals surface area contributed by atoms with E-state index in [0.717, 1.165) is 32.5 Å². The summed E-state index contributed by atoms with van der Waals surface area (Å²) in [4.78, 5) is 7.05. The van der Waals surface area contributed by atoms with Crippen molar-refractivity contribution in [2.45, 2.75) is 59.2 Å². The standard InChI is InChI=1S/C22H39N5O2S/c1-5-23-22(24-14-16-30(28,29)27(6-2)7-3)25-21-13-15-26(19(4)17-21)18-20-11-9-8-10-12-20/h8-12,19,21H,5-7,13-18H2,1-4H3,(H2,23,24,25). The molecule has 30 heavy (non-hydrogen) atoms. The Morgan fingerprint density at radius 1 is 1.20 bits per heavy atom. The van der Waals surface area contributed by atoms with Gasteiger partial charge in [-0.1, -0.05) is 44.2 Å². The highest BCUT2D eigenvalue weighted by Gasteiger charge is 2.26. The summed E-state index contributed by atoms with van der Waals surface area (Å²) < 4.78 is 26.2. The number of nitrogens with zero attached hydrogens (tertiary/aromatic N) is 3. The van der Waals surface area contributed by atoms with Gasteiger partial charge >= 0.3 is 0 Å². The highest BCUT2D eigenvalue weighted by Crippen LogP contribution is 2.19. The Morgan fingerprint density at radius 3 is 2.50 bits per heavy atom. The lowest BCUT2D eigenvalue weighted by atomic mass is 9.97. The van der Waals surface area contributed by atoms with Crippen molar-refractivity contribution in [2.75, 3.05) is 38.5 Å². The zero-order valence-corrected chi connectivity index (χ0v) is 19.8. The normalized spacial score (nSPS) is 21.0. The second kappa shape index (κ2) is 12.3. The molecule has 0 radical (unpaired) electrons. The summed E-state index contributed by atoms with van der Waals surface area (Å²) in [6.45, 7) is 12.0.